The first kappa shape index (κ1) is 23.9. The number of carbonyl (C=O) groups is 2. The van der Waals surface area contributed by atoms with Crippen LogP contribution in [0.5, 0.6) is 0 Å². The number of likely N-dealkylation sites (N-methyl/N-ethyl adjacent to an activating group) is 1. The van der Waals surface area contributed by atoms with Crippen molar-refractivity contribution >= 4 is 17.6 Å². The summed E-state index contributed by atoms with van der Waals surface area (Å²) in [5, 5.41) is 15.5. The molecule has 8 nitrogen and oxygen atoms in total. The molecule has 0 unspecified atom stereocenters. The number of nitriles is 1. The van der Waals surface area contributed by atoms with Gasteiger partial charge < -0.3 is 19.9 Å². The monoisotopic (exact) mass is 417 g/mol. The van der Waals surface area contributed by atoms with Gasteiger partial charge in [-0.25, -0.2) is 0 Å². The molecule has 0 aliphatic carbocycles. The zero-order valence-corrected chi connectivity index (χ0v) is 19.1. The minimum atomic E-state index is -0.321. The molecule has 0 bridgehead atoms. The first-order chi connectivity index (χ1) is 14.1. The fourth-order valence-electron chi connectivity index (χ4n) is 3.67. The molecule has 0 aromatic carbocycles. The molecule has 2 amide bonds. The summed E-state index contributed by atoms with van der Waals surface area (Å²) in [5.74, 6) is 0.148. The van der Waals surface area contributed by atoms with Gasteiger partial charge in [-0.05, 0) is 59.6 Å². The van der Waals surface area contributed by atoms with Crippen LogP contribution in [0.3, 0.4) is 0 Å². The summed E-state index contributed by atoms with van der Waals surface area (Å²) in [4.78, 5) is 26.8. The van der Waals surface area contributed by atoms with E-state index < -0.39 is 0 Å². The number of rotatable bonds is 8. The van der Waals surface area contributed by atoms with Crippen molar-refractivity contribution in [2.45, 2.75) is 72.6 Å². The zero-order valence-electron chi connectivity index (χ0n) is 19.1. The lowest BCUT2D eigenvalue weighted by Crippen LogP contribution is -2.47. The van der Waals surface area contributed by atoms with Crippen LogP contribution in [0.15, 0.2) is 0 Å². The molecule has 1 aromatic rings. The van der Waals surface area contributed by atoms with Gasteiger partial charge in [-0.2, -0.15) is 5.26 Å². The molecule has 2 rings (SSSR count). The summed E-state index contributed by atoms with van der Waals surface area (Å²) >= 11 is 0. The lowest BCUT2D eigenvalue weighted by Gasteiger charge is -2.24. The maximum absolute atomic E-state index is 12.8. The molecule has 0 radical (unpaired) electrons. The van der Waals surface area contributed by atoms with Gasteiger partial charge in [-0.15, -0.1) is 0 Å². The van der Waals surface area contributed by atoms with Crippen LogP contribution in [-0.2, 0) is 20.9 Å². The number of anilines is 1. The predicted molar refractivity (Wildman–Crippen MR) is 116 cm³/mol. The number of amides is 2. The summed E-state index contributed by atoms with van der Waals surface area (Å²) < 4.78 is 7.73. The highest BCUT2D eigenvalue weighted by Crippen LogP contribution is 2.28. The zero-order chi connectivity index (χ0) is 22.5. The number of hydrogen-bond donors (Lipinski definition) is 2. The molecular weight excluding hydrogens is 382 g/mol. The van der Waals surface area contributed by atoms with Crippen molar-refractivity contribution < 1.29 is 14.3 Å². The van der Waals surface area contributed by atoms with Crippen LogP contribution >= 0.6 is 0 Å². The molecule has 1 aliphatic heterocycles. The molecule has 1 atom stereocenters. The average Bonchev–Trinajstić information content (AvgIpc) is 3.22. The quantitative estimate of drug-likeness (QED) is 0.676. The third-order valence-corrected chi connectivity index (χ3v) is 5.31. The summed E-state index contributed by atoms with van der Waals surface area (Å²) in [6.45, 7) is 13.6. The van der Waals surface area contributed by atoms with E-state index in [2.05, 4.69) is 16.7 Å². The van der Waals surface area contributed by atoms with Gasteiger partial charge in [0, 0.05) is 17.8 Å². The molecule has 30 heavy (non-hydrogen) atoms. The Morgan fingerprint density at radius 1 is 1.27 bits per heavy atom. The topological polar surface area (TPSA) is 99.4 Å². The van der Waals surface area contributed by atoms with E-state index >= 15 is 0 Å². The van der Waals surface area contributed by atoms with Crippen molar-refractivity contribution in [1.82, 2.24) is 14.8 Å². The number of nitrogens with one attached hydrogen (secondary N) is 2. The lowest BCUT2D eigenvalue weighted by molar-refractivity contribution is -0.124. The SMILES string of the molecule is CCN(CC(=O)Nc1c(C#N)c(C)c(C)n1C[C@H]1CCCO1)CC(=O)NC(C)(C)C. The highest BCUT2D eigenvalue weighted by molar-refractivity contribution is 5.93. The van der Waals surface area contributed by atoms with Crippen molar-refractivity contribution in [1.29, 1.82) is 5.26 Å². The normalized spacial score (nSPS) is 16.5. The Morgan fingerprint density at radius 2 is 1.93 bits per heavy atom. The summed E-state index contributed by atoms with van der Waals surface area (Å²) in [6.07, 6.45) is 2.09. The highest BCUT2D eigenvalue weighted by Gasteiger charge is 2.25. The smallest absolute Gasteiger partial charge is 0.239 e. The average molecular weight is 418 g/mol. The van der Waals surface area contributed by atoms with Crippen LogP contribution in [-0.4, -0.2) is 59.2 Å². The van der Waals surface area contributed by atoms with Crippen molar-refractivity contribution in [3.63, 3.8) is 0 Å². The van der Waals surface area contributed by atoms with E-state index in [0.29, 0.717) is 24.5 Å². The van der Waals surface area contributed by atoms with Crippen LogP contribution in [0.2, 0.25) is 0 Å². The van der Waals surface area contributed by atoms with Gasteiger partial charge in [-0.3, -0.25) is 14.5 Å². The Labute approximate surface area is 179 Å². The highest BCUT2D eigenvalue weighted by atomic mass is 16.5. The molecule has 2 N–H and O–H groups in total. The first-order valence-corrected chi connectivity index (χ1v) is 10.6. The van der Waals surface area contributed by atoms with E-state index in [1.54, 1.807) is 4.90 Å². The Bertz CT molecular complexity index is 810. The Hall–Kier alpha value is -2.37. The van der Waals surface area contributed by atoms with E-state index in [0.717, 1.165) is 30.7 Å². The van der Waals surface area contributed by atoms with Crippen molar-refractivity contribution in [3.8, 4) is 6.07 Å². The lowest BCUT2D eigenvalue weighted by atomic mass is 10.1. The van der Waals surface area contributed by atoms with Gasteiger partial charge in [0.05, 0.1) is 31.3 Å². The number of ether oxygens (including phenoxy) is 1. The second kappa shape index (κ2) is 10.1. The number of carbonyl (C=O) groups excluding carboxylic acids is 2. The van der Waals surface area contributed by atoms with Gasteiger partial charge in [0.1, 0.15) is 11.9 Å². The van der Waals surface area contributed by atoms with Crippen LogP contribution in [0.1, 0.15) is 57.4 Å². The number of nitrogens with zero attached hydrogens (tertiary/aromatic N) is 3. The van der Waals surface area contributed by atoms with E-state index in [1.807, 2.05) is 46.1 Å². The molecule has 2 heterocycles. The van der Waals surface area contributed by atoms with E-state index in [4.69, 9.17) is 4.74 Å². The molecule has 1 aliphatic rings. The Kier molecular flexibility index (Phi) is 8.04. The minimum Gasteiger partial charge on any atom is -0.376 e. The second-order valence-corrected chi connectivity index (χ2v) is 8.94. The molecular formula is C22H35N5O3. The number of aromatic nitrogens is 1. The van der Waals surface area contributed by atoms with Crippen LogP contribution in [0.25, 0.3) is 0 Å². The second-order valence-electron chi connectivity index (χ2n) is 8.94. The molecule has 0 saturated carbocycles. The Morgan fingerprint density at radius 3 is 2.47 bits per heavy atom. The maximum Gasteiger partial charge on any atom is 0.239 e. The van der Waals surface area contributed by atoms with Gasteiger partial charge in [0.2, 0.25) is 11.8 Å². The molecule has 1 aromatic heterocycles. The maximum atomic E-state index is 12.8. The molecule has 8 heteroatoms. The molecule has 166 valence electrons. The van der Waals surface area contributed by atoms with E-state index in [-0.39, 0.29) is 36.5 Å². The van der Waals surface area contributed by atoms with Crippen LogP contribution in [0, 0.1) is 25.2 Å². The predicted octanol–water partition coefficient (Wildman–Crippen LogP) is 2.33. The third kappa shape index (κ3) is 6.31. The van der Waals surface area contributed by atoms with E-state index in [1.165, 1.54) is 0 Å². The van der Waals surface area contributed by atoms with Crippen molar-refractivity contribution in [2.75, 3.05) is 31.6 Å². The van der Waals surface area contributed by atoms with Gasteiger partial charge in [-0.1, -0.05) is 6.92 Å². The summed E-state index contributed by atoms with van der Waals surface area (Å²) in [5.41, 5.74) is 1.97. The van der Waals surface area contributed by atoms with Gasteiger partial charge in [0.15, 0.2) is 0 Å². The van der Waals surface area contributed by atoms with E-state index in [9.17, 15) is 14.9 Å². The van der Waals surface area contributed by atoms with Gasteiger partial charge >= 0.3 is 0 Å². The fourth-order valence-corrected chi connectivity index (χ4v) is 3.67. The minimum absolute atomic E-state index is 0.0716. The fraction of sp³-hybridized carbons (Fsp3) is 0.682. The third-order valence-electron chi connectivity index (χ3n) is 5.31. The van der Waals surface area contributed by atoms with Crippen LogP contribution in [0.4, 0.5) is 5.82 Å². The summed E-state index contributed by atoms with van der Waals surface area (Å²) in [6, 6.07) is 2.23. The molecule has 1 saturated heterocycles. The molecule has 1 fully saturated rings. The molecule has 0 spiro atoms. The van der Waals surface area contributed by atoms with Crippen molar-refractivity contribution in [3.05, 3.63) is 16.8 Å². The Balaban J connectivity index is 2.11. The largest absolute Gasteiger partial charge is 0.376 e. The number of hydrogen-bond acceptors (Lipinski definition) is 5. The summed E-state index contributed by atoms with van der Waals surface area (Å²) in [7, 11) is 0. The van der Waals surface area contributed by atoms with Crippen LogP contribution < -0.4 is 10.6 Å². The standard InChI is InChI=1S/C22H35N5O3/c1-7-26(14-20(29)25-22(4,5)6)13-19(28)24-21-18(11-23)15(2)16(3)27(21)12-17-9-8-10-30-17/h17H,7-10,12-14H2,1-6H3,(H,24,28)(H,25,29)/t17-/m1/s1. The van der Waals surface area contributed by atoms with Gasteiger partial charge in [0.25, 0.3) is 0 Å². The van der Waals surface area contributed by atoms with Crippen molar-refractivity contribution in [2.24, 2.45) is 0 Å². The first-order valence-electron chi connectivity index (χ1n) is 10.6.